The summed E-state index contributed by atoms with van der Waals surface area (Å²) in [5, 5.41) is 2.67. The molecule has 1 saturated heterocycles. The first-order chi connectivity index (χ1) is 11.8. The van der Waals surface area contributed by atoms with Gasteiger partial charge in [0.25, 0.3) is 5.91 Å². The van der Waals surface area contributed by atoms with Crippen molar-refractivity contribution >= 4 is 33.2 Å². The number of halogens is 1. The Morgan fingerprint density at radius 1 is 1.32 bits per heavy atom. The van der Waals surface area contributed by atoms with Crippen LogP contribution < -0.4 is 10.1 Å². The first-order valence-electron chi connectivity index (χ1n) is 7.90. The summed E-state index contributed by atoms with van der Waals surface area (Å²) in [6, 6.07) is 2.80. The molecule has 0 radical (unpaired) electrons. The van der Waals surface area contributed by atoms with Gasteiger partial charge in [0.15, 0.2) is 6.61 Å². The number of carbonyl (C=O) groups is 1. The van der Waals surface area contributed by atoms with Gasteiger partial charge in [0.1, 0.15) is 10.6 Å². The van der Waals surface area contributed by atoms with E-state index >= 15 is 0 Å². The number of benzene rings is 1. The summed E-state index contributed by atoms with van der Waals surface area (Å²) in [7, 11) is -3.73. The highest BCUT2D eigenvalue weighted by molar-refractivity contribution is 7.89. The fraction of sp³-hybridized carbons (Fsp3) is 0.438. The third-order valence-electron chi connectivity index (χ3n) is 4.11. The summed E-state index contributed by atoms with van der Waals surface area (Å²) < 4.78 is 32.6. The third-order valence-corrected chi connectivity index (χ3v) is 6.47. The lowest BCUT2D eigenvalue weighted by Gasteiger charge is -2.34. The SMILES string of the molecule is C=C(C)CN1CCN(S(=O)(=O)c2cc3c(cc2Cl)NC(=O)CO3)CC1. The minimum atomic E-state index is -3.73. The number of hydrogen-bond acceptors (Lipinski definition) is 5. The highest BCUT2D eigenvalue weighted by Gasteiger charge is 2.32. The minimum absolute atomic E-state index is 0.00239. The van der Waals surface area contributed by atoms with Crippen LogP contribution in [0.4, 0.5) is 5.69 Å². The first-order valence-corrected chi connectivity index (χ1v) is 9.72. The number of nitrogens with one attached hydrogen (secondary N) is 1. The van der Waals surface area contributed by atoms with E-state index in [0.717, 1.165) is 12.1 Å². The average molecular weight is 386 g/mol. The molecule has 1 fully saturated rings. The van der Waals surface area contributed by atoms with E-state index in [1.54, 1.807) is 0 Å². The zero-order chi connectivity index (χ0) is 18.2. The van der Waals surface area contributed by atoms with E-state index in [1.807, 2.05) is 6.92 Å². The maximum absolute atomic E-state index is 12.9. The van der Waals surface area contributed by atoms with E-state index in [2.05, 4.69) is 16.8 Å². The van der Waals surface area contributed by atoms with Crippen molar-refractivity contribution in [3.63, 3.8) is 0 Å². The molecule has 2 heterocycles. The molecule has 0 saturated carbocycles. The van der Waals surface area contributed by atoms with E-state index in [4.69, 9.17) is 16.3 Å². The summed E-state index contributed by atoms with van der Waals surface area (Å²) in [5.41, 5.74) is 1.43. The molecular formula is C16H20ClN3O4S. The molecule has 7 nitrogen and oxygen atoms in total. The summed E-state index contributed by atoms with van der Waals surface area (Å²) in [6.07, 6.45) is 0. The van der Waals surface area contributed by atoms with Gasteiger partial charge in [-0.1, -0.05) is 23.8 Å². The topological polar surface area (TPSA) is 79.0 Å². The Morgan fingerprint density at radius 2 is 2.00 bits per heavy atom. The molecule has 2 aliphatic rings. The smallest absolute Gasteiger partial charge is 0.262 e. The predicted molar refractivity (Wildman–Crippen MR) is 95.6 cm³/mol. The molecule has 25 heavy (non-hydrogen) atoms. The summed E-state index contributed by atoms with van der Waals surface area (Å²) >= 11 is 6.18. The quantitative estimate of drug-likeness (QED) is 0.795. The standard InChI is InChI=1S/C16H20ClN3O4S/c1-11(2)9-19-3-5-20(6-4-19)25(22,23)15-8-14-13(7-12(15)17)18-16(21)10-24-14/h7-8H,1,3-6,9-10H2,2H3,(H,18,21). The lowest BCUT2D eigenvalue weighted by molar-refractivity contribution is -0.118. The van der Waals surface area contributed by atoms with Gasteiger partial charge in [-0.25, -0.2) is 8.42 Å². The molecule has 136 valence electrons. The van der Waals surface area contributed by atoms with Gasteiger partial charge in [-0.15, -0.1) is 0 Å². The normalized spacial score (nSPS) is 19.0. The number of amides is 1. The Kier molecular flexibility index (Phi) is 5.06. The average Bonchev–Trinajstić information content (AvgIpc) is 2.54. The van der Waals surface area contributed by atoms with Crippen molar-refractivity contribution in [1.29, 1.82) is 0 Å². The van der Waals surface area contributed by atoms with Crippen molar-refractivity contribution in [2.24, 2.45) is 0 Å². The molecular weight excluding hydrogens is 366 g/mol. The molecule has 2 aliphatic heterocycles. The molecule has 1 aromatic carbocycles. The maximum atomic E-state index is 12.9. The largest absolute Gasteiger partial charge is 0.482 e. The number of fused-ring (bicyclic) bond motifs is 1. The highest BCUT2D eigenvalue weighted by atomic mass is 35.5. The molecule has 3 rings (SSSR count). The van der Waals surface area contributed by atoms with E-state index in [9.17, 15) is 13.2 Å². The molecule has 0 unspecified atom stereocenters. The van der Waals surface area contributed by atoms with Gasteiger partial charge in [0, 0.05) is 38.8 Å². The molecule has 0 bridgehead atoms. The lowest BCUT2D eigenvalue weighted by Crippen LogP contribution is -2.48. The number of nitrogens with zero attached hydrogens (tertiary/aromatic N) is 2. The van der Waals surface area contributed by atoms with Gasteiger partial charge in [-0.2, -0.15) is 4.31 Å². The van der Waals surface area contributed by atoms with Crippen LogP contribution in [-0.4, -0.2) is 62.9 Å². The van der Waals surface area contributed by atoms with Gasteiger partial charge in [0.05, 0.1) is 10.7 Å². The van der Waals surface area contributed by atoms with Crippen LogP contribution in [0.15, 0.2) is 29.2 Å². The van der Waals surface area contributed by atoms with Crippen molar-refractivity contribution in [3.8, 4) is 5.75 Å². The van der Waals surface area contributed by atoms with Gasteiger partial charge in [-0.3, -0.25) is 9.69 Å². The molecule has 1 N–H and O–H groups in total. The third kappa shape index (κ3) is 3.82. The Labute approximate surface area is 152 Å². The number of carbonyl (C=O) groups excluding carboxylic acids is 1. The molecule has 0 spiro atoms. The lowest BCUT2D eigenvalue weighted by atomic mass is 10.2. The second-order valence-corrected chi connectivity index (χ2v) is 8.57. The number of ether oxygens (including phenoxy) is 1. The van der Waals surface area contributed by atoms with Crippen molar-refractivity contribution in [3.05, 3.63) is 29.3 Å². The predicted octanol–water partition coefficient (Wildman–Crippen LogP) is 1.55. The van der Waals surface area contributed by atoms with Crippen LogP contribution in [0.25, 0.3) is 0 Å². The molecule has 0 aliphatic carbocycles. The van der Waals surface area contributed by atoms with Crippen molar-refractivity contribution in [2.45, 2.75) is 11.8 Å². The monoisotopic (exact) mass is 385 g/mol. The van der Waals surface area contributed by atoms with Crippen molar-refractivity contribution in [2.75, 3.05) is 44.6 Å². The van der Waals surface area contributed by atoms with Crippen LogP contribution in [0.5, 0.6) is 5.75 Å². The Morgan fingerprint density at radius 3 is 2.64 bits per heavy atom. The summed E-state index contributed by atoms with van der Waals surface area (Å²) in [4.78, 5) is 13.5. The highest BCUT2D eigenvalue weighted by Crippen LogP contribution is 2.36. The van der Waals surface area contributed by atoms with Gasteiger partial charge in [0.2, 0.25) is 10.0 Å². The van der Waals surface area contributed by atoms with Crippen LogP contribution in [0, 0.1) is 0 Å². The zero-order valence-corrected chi connectivity index (χ0v) is 15.5. The Bertz CT molecular complexity index is 817. The molecule has 1 aromatic rings. The van der Waals surface area contributed by atoms with E-state index in [1.165, 1.54) is 16.4 Å². The first kappa shape index (κ1) is 18.2. The number of anilines is 1. The molecule has 0 atom stereocenters. The summed E-state index contributed by atoms with van der Waals surface area (Å²) in [6.45, 7) is 8.52. The number of piperazine rings is 1. The van der Waals surface area contributed by atoms with Crippen LogP contribution in [0.3, 0.4) is 0 Å². The van der Waals surface area contributed by atoms with Gasteiger partial charge >= 0.3 is 0 Å². The van der Waals surface area contributed by atoms with Crippen LogP contribution in [0.1, 0.15) is 6.92 Å². The Hall–Kier alpha value is -1.61. The molecule has 1 amide bonds. The second kappa shape index (κ2) is 6.95. The van der Waals surface area contributed by atoms with Gasteiger partial charge in [-0.05, 0) is 13.0 Å². The molecule has 0 aromatic heterocycles. The summed E-state index contributed by atoms with van der Waals surface area (Å²) in [5.74, 6) is 0.0105. The van der Waals surface area contributed by atoms with E-state index < -0.39 is 10.0 Å². The second-order valence-electron chi connectivity index (χ2n) is 6.25. The van der Waals surface area contributed by atoms with E-state index in [0.29, 0.717) is 37.6 Å². The Balaban J connectivity index is 1.81. The van der Waals surface area contributed by atoms with E-state index in [-0.39, 0.29) is 22.4 Å². The van der Waals surface area contributed by atoms with Crippen molar-refractivity contribution in [1.82, 2.24) is 9.21 Å². The van der Waals surface area contributed by atoms with Crippen LogP contribution in [0.2, 0.25) is 5.02 Å². The van der Waals surface area contributed by atoms with Gasteiger partial charge < -0.3 is 10.1 Å². The number of rotatable bonds is 4. The number of sulfonamides is 1. The maximum Gasteiger partial charge on any atom is 0.262 e. The molecule has 9 heteroatoms. The van der Waals surface area contributed by atoms with Crippen LogP contribution in [-0.2, 0) is 14.8 Å². The van der Waals surface area contributed by atoms with Crippen molar-refractivity contribution < 1.29 is 17.9 Å². The number of hydrogen-bond donors (Lipinski definition) is 1. The fourth-order valence-corrected chi connectivity index (χ4v) is 4.87. The minimum Gasteiger partial charge on any atom is -0.482 e. The zero-order valence-electron chi connectivity index (χ0n) is 13.9. The fourth-order valence-electron chi connectivity index (χ4n) is 2.93. The van der Waals surface area contributed by atoms with Crippen LogP contribution >= 0.6 is 11.6 Å².